The van der Waals surface area contributed by atoms with Crippen LogP contribution in [0.5, 0.6) is 5.75 Å². The van der Waals surface area contributed by atoms with Crippen molar-refractivity contribution in [3.8, 4) is 5.75 Å². The van der Waals surface area contributed by atoms with Gasteiger partial charge in [-0.1, -0.05) is 18.2 Å². The van der Waals surface area contributed by atoms with Crippen LogP contribution >= 0.6 is 0 Å². The van der Waals surface area contributed by atoms with Crippen LogP contribution in [0.2, 0.25) is 0 Å². The molecule has 0 saturated carbocycles. The number of aliphatic hydroxyl groups is 3. The third-order valence-electron chi connectivity index (χ3n) is 0.998. The molecule has 1 aromatic carbocycles. The van der Waals surface area contributed by atoms with Crippen molar-refractivity contribution < 1.29 is 20.1 Å². The predicted molar refractivity (Wildman–Crippen MR) is 36.5 cm³/mol. The van der Waals surface area contributed by atoms with Gasteiger partial charge in [-0.2, -0.15) is 0 Å². The van der Waals surface area contributed by atoms with E-state index in [1.807, 2.05) is 0 Å². The Morgan fingerprint density at radius 1 is 1.00 bits per heavy atom. The average Bonchev–Trinajstić information content (AvgIpc) is 1.85. The van der Waals surface area contributed by atoms with Gasteiger partial charge < -0.3 is 20.1 Å². The lowest BCUT2D eigenvalue weighted by Crippen LogP contribution is -2.34. The molecular formula is C7H8O4. The lowest BCUT2D eigenvalue weighted by molar-refractivity contribution is -0.419. The molecule has 0 fully saturated rings. The van der Waals surface area contributed by atoms with Gasteiger partial charge in [-0.25, -0.2) is 0 Å². The maximum absolute atomic E-state index is 8.36. The Kier molecular flexibility index (Phi) is 2.09. The fourth-order valence-electron chi connectivity index (χ4n) is 0.647. The molecule has 0 aliphatic rings. The molecule has 1 rings (SSSR count). The van der Waals surface area contributed by atoms with Crippen LogP contribution in [-0.2, 0) is 0 Å². The Morgan fingerprint density at radius 2 is 1.55 bits per heavy atom. The second-order valence-corrected chi connectivity index (χ2v) is 1.99. The summed E-state index contributed by atoms with van der Waals surface area (Å²) >= 11 is 0. The zero-order valence-corrected chi connectivity index (χ0v) is 5.64. The fourth-order valence-corrected chi connectivity index (χ4v) is 0.647. The van der Waals surface area contributed by atoms with Gasteiger partial charge in [0.2, 0.25) is 0 Å². The average molecular weight is 156 g/mol. The van der Waals surface area contributed by atoms with Gasteiger partial charge in [0.15, 0.2) is 0 Å². The van der Waals surface area contributed by atoms with Crippen molar-refractivity contribution in [2.45, 2.75) is 6.16 Å². The summed E-state index contributed by atoms with van der Waals surface area (Å²) in [5.74, 6) is 0.181. The molecule has 0 unspecified atom stereocenters. The highest BCUT2D eigenvalue weighted by atomic mass is 16.9. The molecule has 4 heteroatoms. The largest absolute Gasteiger partial charge is 0.453 e. The minimum atomic E-state index is -3.10. The monoisotopic (exact) mass is 156 g/mol. The smallest absolute Gasteiger partial charge is 0.417 e. The maximum atomic E-state index is 8.36. The van der Waals surface area contributed by atoms with Gasteiger partial charge in [0.05, 0.1) is 0 Å². The molecule has 0 bridgehead atoms. The molecule has 0 saturated heterocycles. The normalized spacial score (nSPS) is 11.2. The molecule has 0 spiro atoms. The molecule has 4 nitrogen and oxygen atoms in total. The van der Waals surface area contributed by atoms with Crippen LogP contribution in [0.4, 0.5) is 0 Å². The molecule has 1 aromatic rings. The number of ether oxygens (including phenoxy) is 1. The Bertz CT molecular complexity index is 214. The second-order valence-electron chi connectivity index (χ2n) is 1.99. The van der Waals surface area contributed by atoms with Gasteiger partial charge >= 0.3 is 6.16 Å². The van der Waals surface area contributed by atoms with Crippen molar-refractivity contribution in [1.82, 2.24) is 0 Å². The molecule has 0 atom stereocenters. The van der Waals surface area contributed by atoms with E-state index in [-0.39, 0.29) is 5.75 Å². The summed E-state index contributed by atoms with van der Waals surface area (Å²) in [5.41, 5.74) is 0. The maximum Gasteiger partial charge on any atom is 0.453 e. The summed E-state index contributed by atoms with van der Waals surface area (Å²) in [4.78, 5) is 0. The van der Waals surface area contributed by atoms with Crippen LogP contribution in [0, 0.1) is 0 Å². The van der Waals surface area contributed by atoms with Gasteiger partial charge in [-0.05, 0) is 12.1 Å². The Morgan fingerprint density at radius 3 is 2.00 bits per heavy atom. The van der Waals surface area contributed by atoms with Crippen LogP contribution in [0.15, 0.2) is 30.3 Å². The molecule has 0 heterocycles. The van der Waals surface area contributed by atoms with Crippen molar-refractivity contribution in [3.05, 3.63) is 30.3 Å². The zero-order chi connectivity index (χ0) is 8.32. The third-order valence-corrected chi connectivity index (χ3v) is 0.998. The van der Waals surface area contributed by atoms with Gasteiger partial charge in [0.1, 0.15) is 5.75 Å². The minimum absolute atomic E-state index is 0.181. The summed E-state index contributed by atoms with van der Waals surface area (Å²) < 4.78 is 4.27. The first-order valence-corrected chi connectivity index (χ1v) is 2.99. The minimum Gasteiger partial charge on any atom is -0.417 e. The van der Waals surface area contributed by atoms with Crippen LogP contribution in [0.25, 0.3) is 0 Å². The summed E-state index contributed by atoms with van der Waals surface area (Å²) in [6.07, 6.45) is -3.10. The first kappa shape index (κ1) is 8.00. The van der Waals surface area contributed by atoms with E-state index in [0.717, 1.165) is 0 Å². The second kappa shape index (κ2) is 2.87. The van der Waals surface area contributed by atoms with E-state index >= 15 is 0 Å². The Hall–Kier alpha value is -1.10. The highest BCUT2D eigenvalue weighted by Crippen LogP contribution is 2.11. The molecule has 0 radical (unpaired) electrons. The van der Waals surface area contributed by atoms with Crippen LogP contribution in [0.1, 0.15) is 0 Å². The van der Waals surface area contributed by atoms with E-state index in [0.29, 0.717) is 0 Å². The molecule has 60 valence electrons. The summed E-state index contributed by atoms with van der Waals surface area (Å²) in [5, 5.41) is 25.1. The lowest BCUT2D eigenvalue weighted by Gasteiger charge is -2.14. The van der Waals surface area contributed by atoms with E-state index in [4.69, 9.17) is 15.3 Å². The van der Waals surface area contributed by atoms with Crippen LogP contribution < -0.4 is 4.74 Å². The highest BCUT2D eigenvalue weighted by Gasteiger charge is 2.20. The first-order valence-electron chi connectivity index (χ1n) is 2.99. The molecule has 0 aromatic heterocycles. The van der Waals surface area contributed by atoms with Gasteiger partial charge in [-0.15, -0.1) is 0 Å². The molecule has 11 heavy (non-hydrogen) atoms. The zero-order valence-electron chi connectivity index (χ0n) is 5.64. The number of rotatable bonds is 2. The number of para-hydroxylation sites is 1. The first-order chi connectivity index (χ1) is 5.08. The lowest BCUT2D eigenvalue weighted by atomic mass is 10.3. The number of hydrogen-bond acceptors (Lipinski definition) is 4. The van der Waals surface area contributed by atoms with E-state index in [2.05, 4.69) is 4.74 Å². The SMILES string of the molecule is OC(O)(O)Oc1ccccc1. The van der Waals surface area contributed by atoms with Crippen molar-refractivity contribution in [1.29, 1.82) is 0 Å². The quantitative estimate of drug-likeness (QED) is 0.512. The van der Waals surface area contributed by atoms with Crippen molar-refractivity contribution in [2.24, 2.45) is 0 Å². The molecule has 3 N–H and O–H groups in total. The standard InChI is InChI=1S/C7H8O4/c8-7(9,10)11-6-4-2-1-3-5-6/h1-5,8-10H. The van der Waals surface area contributed by atoms with Crippen LogP contribution in [-0.4, -0.2) is 21.5 Å². The third kappa shape index (κ3) is 2.99. The summed E-state index contributed by atoms with van der Waals surface area (Å²) in [7, 11) is 0. The number of hydrogen-bond donors (Lipinski definition) is 3. The highest BCUT2D eigenvalue weighted by molar-refractivity contribution is 5.20. The predicted octanol–water partition coefficient (Wildman–Crippen LogP) is -0.346. The number of benzene rings is 1. The van der Waals surface area contributed by atoms with Crippen LogP contribution in [0.3, 0.4) is 0 Å². The van der Waals surface area contributed by atoms with E-state index in [1.165, 1.54) is 12.1 Å². The Labute approximate surface area is 63.3 Å². The van der Waals surface area contributed by atoms with Crippen molar-refractivity contribution in [2.75, 3.05) is 0 Å². The topological polar surface area (TPSA) is 69.9 Å². The molecular weight excluding hydrogens is 148 g/mol. The Balaban J connectivity index is 2.66. The molecule has 0 aliphatic carbocycles. The van der Waals surface area contributed by atoms with Gasteiger partial charge in [-0.3, -0.25) is 0 Å². The van der Waals surface area contributed by atoms with Gasteiger partial charge in [0, 0.05) is 0 Å². The molecule has 0 amide bonds. The van der Waals surface area contributed by atoms with Crippen molar-refractivity contribution in [3.63, 3.8) is 0 Å². The van der Waals surface area contributed by atoms with Crippen molar-refractivity contribution >= 4 is 0 Å². The van der Waals surface area contributed by atoms with E-state index in [9.17, 15) is 0 Å². The summed E-state index contributed by atoms with van der Waals surface area (Å²) in [6, 6.07) is 7.98. The fraction of sp³-hybridized carbons (Fsp3) is 0.143. The van der Waals surface area contributed by atoms with Gasteiger partial charge in [0.25, 0.3) is 0 Å². The van der Waals surface area contributed by atoms with E-state index in [1.54, 1.807) is 18.2 Å². The summed E-state index contributed by atoms with van der Waals surface area (Å²) in [6.45, 7) is 0. The van der Waals surface area contributed by atoms with E-state index < -0.39 is 6.16 Å². The molecule has 0 aliphatic heterocycles.